The Bertz CT molecular complexity index is 760. The van der Waals surface area contributed by atoms with Crippen molar-refractivity contribution in [2.45, 2.75) is 19.9 Å². The molecule has 2 aromatic rings. The second kappa shape index (κ2) is 8.89. The molecule has 0 fully saturated rings. The minimum absolute atomic E-state index is 0.111. The van der Waals surface area contributed by atoms with Crippen molar-refractivity contribution in [3.05, 3.63) is 59.7 Å². The molecule has 0 aliphatic carbocycles. The molecule has 6 heteroatoms. The van der Waals surface area contributed by atoms with E-state index in [1.54, 1.807) is 18.2 Å². The number of rotatable bonds is 8. The smallest absolute Gasteiger partial charge is 0.255 e. The van der Waals surface area contributed by atoms with Crippen molar-refractivity contribution in [2.75, 3.05) is 13.7 Å². The van der Waals surface area contributed by atoms with Crippen molar-refractivity contribution in [2.24, 2.45) is 11.7 Å². The van der Waals surface area contributed by atoms with Gasteiger partial charge in [0.25, 0.3) is 11.8 Å². The third kappa shape index (κ3) is 4.99. The van der Waals surface area contributed by atoms with Gasteiger partial charge in [-0.1, -0.05) is 44.2 Å². The summed E-state index contributed by atoms with van der Waals surface area (Å²) in [6, 6.07) is 14.5. The van der Waals surface area contributed by atoms with Gasteiger partial charge in [-0.05, 0) is 29.7 Å². The Hall–Kier alpha value is -3.02. The Balaban J connectivity index is 2.19. The van der Waals surface area contributed by atoms with Gasteiger partial charge < -0.3 is 20.5 Å². The summed E-state index contributed by atoms with van der Waals surface area (Å²) < 4.78 is 10.5. The van der Waals surface area contributed by atoms with Gasteiger partial charge in [0.05, 0.1) is 13.2 Å². The molecule has 0 saturated carbocycles. The fourth-order valence-electron chi connectivity index (χ4n) is 2.60. The van der Waals surface area contributed by atoms with E-state index in [2.05, 4.69) is 19.2 Å². The van der Waals surface area contributed by atoms with Gasteiger partial charge in [-0.3, -0.25) is 9.59 Å². The second-order valence-corrected chi connectivity index (χ2v) is 6.23. The lowest BCUT2D eigenvalue weighted by Crippen LogP contribution is -2.31. The molecule has 0 heterocycles. The largest absolute Gasteiger partial charge is 0.493 e. The molecule has 0 bridgehead atoms. The molecule has 0 spiro atoms. The normalized spacial score (nSPS) is 11.7. The fraction of sp³-hybridized carbons (Fsp3) is 0.300. The summed E-state index contributed by atoms with van der Waals surface area (Å²) in [4.78, 5) is 23.6. The first-order chi connectivity index (χ1) is 12.4. The number of hydrogen-bond donors (Lipinski definition) is 2. The topological polar surface area (TPSA) is 90.7 Å². The van der Waals surface area contributed by atoms with E-state index < -0.39 is 5.91 Å². The number of nitrogens with two attached hydrogens (primary N) is 1. The lowest BCUT2D eigenvalue weighted by molar-refractivity contribution is -0.119. The SMILES string of the molecule is COc1cc(C(=O)N[C@H](c2ccccc2)C(C)C)ccc1OCC(N)=O. The molecule has 138 valence electrons. The minimum atomic E-state index is -0.587. The zero-order chi connectivity index (χ0) is 19.1. The molecule has 26 heavy (non-hydrogen) atoms. The van der Waals surface area contributed by atoms with Gasteiger partial charge in [-0.25, -0.2) is 0 Å². The number of hydrogen-bond acceptors (Lipinski definition) is 4. The van der Waals surface area contributed by atoms with Crippen molar-refractivity contribution in [1.82, 2.24) is 5.32 Å². The lowest BCUT2D eigenvalue weighted by Gasteiger charge is -2.23. The molecule has 2 amide bonds. The molecular formula is C20H24N2O4. The number of carbonyl (C=O) groups is 2. The molecule has 0 saturated heterocycles. The molecule has 3 N–H and O–H groups in total. The first-order valence-corrected chi connectivity index (χ1v) is 8.37. The van der Waals surface area contributed by atoms with Crippen LogP contribution in [0.5, 0.6) is 11.5 Å². The molecule has 0 unspecified atom stereocenters. The Labute approximate surface area is 153 Å². The highest BCUT2D eigenvalue weighted by molar-refractivity contribution is 5.95. The van der Waals surface area contributed by atoms with Crippen molar-refractivity contribution in [3.63, 3.8) is 0 Å². The molecule has 2 rings (SSSR count). The van der Waals surface area contributed by atoms with Gasteiger partial charge in [0.1, 0.15) is 0 Å². The summed E-state index contributed by atoms with van der Waals surface area (Å²) >= 11 is 0. The summed E-state index contributed by atoms with van der Waals surface area (Å²) in [5, 5.41) is 3.06. The number of carbonyl (C=O) groups excluding carboxylic acids is 2. The summed E-state index contributed by atoms with van der Waals surface area (Å²) in [5.41, 5.74) is 6.56. The summed E-state index contributed by atoms with van der Waals surface area (Å²) in [7, 11) is 1.47. The first kappa shape index (κ1) is 19.3. The first-order valence-electron chi connectivity index (χ1n) is 8.37. The van der Waals surface area contributed by atoms with Crippen LogP contribution in [0, 0.1) is 5.92 Å². The van der Waals surface area contributed by atoms with E-state index >= 15 is 0 Å². The summed E-state index contributed by atoms with van der Waals surface area (Å²) in [5.74, 6) is 0.135. The highest BCUT2D eigenvalue weighted by atomic mass is 16.5. The zero-order valence-corrected chi connectivity index (χ0v) is 15.2. The number of methoxy groups -OCH3 is 1. The Morgan fingerprint density at radius 2 is 1.77 bits per heavy atom. The standard InChI is InChI=1S/C20H24N2O4/c1-13(2)19(14-7-5-4-6-8-14)22-20(24)15-9-10-16(17(11-15)25-3)26-12-18(21)23/h4-11,13,19H,12H2,1-3H3,(H2,21,23)(H,22,24)/t19-/m0/s1. The van der Waals surface area contributed by atoms with Crippen LogP contribution in [-0.2, 0) is 4.79 Å². The van der Waals surface area contributed by atoms with Gasteiger partial charge in [0.15, 0.2) is 18.1 Å². The van der Waals surface area contributed by atoms with Crippen molar-refractivity contribution >= 4 is 11.8 Å². The maximum absolute atomic E-state index is 12.7. The highest BCUT2D eigenvalue weighted by Crippen LogP contribution is 2.29. The molecule has 0 aliphatic rings. The van der Waals surface area contributed by atoms with E-state index in [0.717, 1.165) is 5.56 Å². The van der Waals surface area contributed by atoms with E-state index in [1.807, 2.05) is 30.3 Å². The van der Waals surface area contributed by atoms with Crippen LogP contribution in [0.4, 0.5) is 0 Å². The maximum Gasteiger partial charge on any atom is 0.255 e. The second-order valence-electron chi connectivity index (χ2n) is 6.23. The van der Waals surface area contributed by atoms with Gasteiger partial charge >= 0.3 is 0 Å². The molecule has 1 atom stereocenters. The van der Waals surface area contributed by atoms with Crippen molar-refractivity contribution in [3.8, 4) is 11.5 Å². The van der Waals surface area contributed by atoms with Gasteiger partial charge in [0.2, 0.25) is 0 Å². The number of nitrogens with one attached hydrogen (secondary N) is 1. The third-order valence-electron chi connectivity index (χ3n) is 3.91. The van der Waals surface area contributed by atoms with Crippen LogP contribution >= 0.6 is 0 Å². The Morgan fingerprint density at radius 3 is 2.35 bits per heavy atom. The van der Waals surface area contributed by atoms with Gasteiger partial charge in [-0.2, -0.15) is 0 Å². The predicted octanol–water partition coefficient (Wildman–Crippen LogP) is 2.69. The van der Waals surface area contributed by atoms with Gasteiger partial charge in [0, 0.05) is 5.56 Å². The van der Waals surface area contributed by atoms with Crippen LogP contribution in [0.15, 0.2) is 48.5 Å². The average Bonchev–Trinajstić information content (AvgIpc) is 2.64. The van der Waals surface area contributed by atoms with Gasteiger partial charge in [-0.15, -0.1) is 0 Å². The number of amides is 2. The molecule has 0 aromatic heterocycles. The maximum atomic E-state index is 12.7. The zero-order valence-electron chi connectivity index (χ0n) is 15.2. The van der Waals surface area contributed by atoms with E-state index in [9.17, 15) is 9.59 Å². The Kier molecular flexibility index (Phi) is 6.60. The average molecular weight is 356 g/mol. The molecule has 6 nitrogen and oxygen atoms in total. The number of ether oxygens (including phenoxy) is 2. The molecule has 0 radical (unpaired) electrons. The summed E-state index contributed by atoms with van der Waals surface area (Å²) in [6.45, 7) is 3.85. The van der Waals surface area contributed by atoms with Crippen molar-refractivity contribution in [1.29, 1.82) is 0 Å². The fourth-order valence-corrected chi connectivity index (χ4v) is 2.60. The third-order valence-corrected chi connectivity index (χ3v) is 3.91. The molecule has 0 aliphatic heterocycles. The van der Waals surface area contributed by atoms with Crippen LogP contribution in [0.25, 0.3) is 0 Å². The van der Waals surface area contributed by atoms with E-state index in [-0.39, 0.29) is 24.5 Å². The van der Waals surface area contributed by atoms with Crippen LogP contribution in [0.3, 0.4) is 0 Å². The Morgan fingerprint density at radius 1 is 1.08 bits per heavy atom. The monoisotopic (exact) mass is 356 g/mol. The lowest BCUT2D eigenvalue weighted by atomic mass is 9.95. The number of primary amides is 1. The summed E-state index contributed by atoms with van der Waals surface area (Å²) in [6.07, 6.45) is 0. The van der Waals surface area contributed by atoms with E-state index in [0.29, 0.717) is 17.1 Å². The van der Waals surface area contributed by atoms with Crippen LogP contribution in [0.1, 0.15) is 35.8 Å². The molecule has 2 aromatic carbocycles. The highest BCUT2D eigenvalue weighted by Gasteiger charge is 2.20. The molecular weight excluding hydrogens is 332 g/mol. The minimum Gasteiger partial charge on any atom is -0.493 e. The van der Waals surface area contributed by atoms with Crippen LogP contribution < -0.4 is 20.5 Å². The van der Waals surface area contributed by atoms with E-state index in [1.165, 1.54) is 7.11 Å². The van der Waals surface area contributed by atoms with E-state index in [4.69, 9.17) is 15.2 Å². The quantitative estimate of drug-likeness (QED) is 0.761. The number of benzene rings is 2. The predicted molar refractivity (Wildman–Crippen MR) is 99.2 cm³/mol. The van der Waals surface area contributed by atoms with Crippen LogP contribution in [-0.4, -0.2) is 25.5 Å². The van der Waals surface area contributed by atoms with Crippen LogP contribution in [0.2, 0.25) is 0 Å². The van der Waals surface area contributed by atoms with Crippen molar-refractivity contribution < 1.29 is 19.1 Å².